The summed E-state index contributed by atoms with van der Waals surface area (Å²) < 4.78 is 0. The van der Waals surface area contributed by atoms with Gasteiger partial charge >= 0.3 is 0 Å². The van der Waals surface area contributed by atoms with Crippen molar-refractivity contribution >= 4 is 11.7 Å². The lowest BCUT2D eigenvalue weighted by molar-refractivity contribution is 0.0946. The van der Waals surface area contributed by atoms with Gasteiger partial charge in [-0.3, -0.25) is 4.79 Å². The number of nitrogens with one attached hydrogen (secondary N) is 2. The van der Waals surface area contributed by atoms with E-state index in [1.165, 1.54) is 0 Å². The van der Waals surface area contributed by atoms with E-state index in [1.54, 1.807) is 6.07 Å². The van der Waals surface area contributed by atoms with Crippen LogP contribution in [0.2, 0.25) is 0 Å². The van der Waals surface area contributed by atoms with E-state index >= 15 is 0 Å². The topological polar surface area (TPSA) is 80.0 Å². The zero-order chi connectivity index (χ0) is 13.3. The van der Waals surface area contributed by atoms with Crippen LogP contribution in [-0.4, -0.2) is 16.9 Å². The smallest absolute Gasteiger partial charge is 0.251 e. The van der Waals surface area contributed by atoms with Crippen LogP contribution in [0.5, 0.6) is 0 Å². The average molecular weight is 248 g/mol. The number of anilines is 1. The van der Waals surface area contributed by atoms with Gasteiger partial charge in [-0.25, -0.2) is 10.8 Å². The second-order valence-electron chi connectivity index (χ2n) is 5.45. The molecule has 1 atom stereocenters. The quantitative estimate of drug-likeness (QED) is 0.556. The molecule has 1 heterocycles. The van der Waals surface area contributed by atoms with Crippen molar-refractivity contribution in [1.82, 2.24) is 10.3 Å². The lowest BCUT2D eigenvalue weighted by Gasteiger charge is -2.09. The normalized spacial score (nSPS) is 20.3. The Kier molecular flexibility index (Phi) is 3.26. The van der Waals surface area contributed by atoms with Gasteiger partial charge in [-0.2, -0.15) is 0 Å². The third kappa shape index (κ3) is 2.61. The van der Waals surface area contributed by atoms with Gasteiger partial charge < -0.3 is 10.7 Å². The van der Waals surface area contributed by atoms with E-state index in [0.717, 1.165) is 18.5 Å². The fourth-order valence-electron chi connectivity index (χ4n) is 1.93. The zero-order valence-electron chi connectivity index (χ0n) is 11.1. The Hall–Kier alpha value is -1.62. The minimum absolute atomic E-state index is 0.0563. The first-order valence-electron chi connectivity index (χ1n) is 6.24. The van der Waals surface area contributed by atoms with Gasteiger partial charge in [-0.05, 0) is 30.4 Å². The predicted octanol–water partition coefficient (Wildman–Crippen LogP) is 1.46. The molecule has 1 aliphatic rings. The van der Waals surface area contributed by atoms with Crippen LogP contribution in [0.4, 0.5) is 5.82 Å². The summed E-state index contributed by atoms with van der Waals surface area (Å²) >= 11 is 0. The van der Waals surface area contributed by atoms with Gasteiger partial charge in [0.25, 0.3) is 5.91 Å². The molecule has 0 saturated heterocycles. The van der Waals surface area contributed by atoms with E-state index < -0.39 is 0 Å². The molecule has 1 amide bonds. The summed E-state index contributed by atoms with van der Waals surface area (Å²) in [5.41, 5.74) is 4.18. The van der Waals surface area contributed by atoms with E-state index in [-0.39, 0.29) is 17.4 Å². The van der Waals surface area contributed by atoms with E-state index in [9.17, 15) is 4.79 Å². The molecule has 18 heavy (non-hydrogen) atoms. The number of nitrogen functional groups attached to an aromatic ring is 1. The first-order chi connectivity index (χ1) is 8.46. The van der Waals surface area contributed by atoms with Gasteiger partial charge in [0.1, 0.15) is 5.82 Å². The van der Waals surface area contributed by atoms with Gasteiger partial charge in [0.15, 0.2) is 0 Å². The molecule has 0 aromatic carbocycles. The number of nitrogens with zero attached hydrogens (tertiary/aromatic N) is 1. The summed E-state index contributed by atoms with van der Waals surface area (Å²) in [5.74, 6) is 5.82. The summed E-state index contributed by atoms with van der Waals surface area (Å²) in [4.78, 5) is 16.4. The molecule has 5 heteroatoms. The zero-order valence-corrected chi connectivity index (χ0v) is 11.1. The molecule has 0 aliphatic heterocycles. The molecule has 0 bridgehead atoms. The Morgan fingerprint density at radius 1 is 1.56 bits per heavy atom. The van der Waals surface area contributed by atoms with Gasteiger partial charge in [0.2, 0.25) is 0 Å². The lowest BCUT2D eigenvalue weighted by Crippen LogP contribution is -2.28. The van der Waals surface area contributed by atoms with Crippen molar-refractivity contribution in [3.63, 3.8) is 0 Å². The maximum absolute atomic E-state index is 12.1. The van der Waals surface area contributed by atoms with Crippen LogP contribution < -0.4 is 16.6 Å². The van der Waals surface area contributed by atoms with Crippen molar-refractivity contribution in [1.29, 1.82) is 0 Å². The van der Waals surface area contributed by atoms with Crippen LogP contribution in [-0.2, 0) is 6.42 Å². The van der Waals surface area contributed by atoms with Crippen molar-refractivity contribution in [2.24, 2.45) is 11.3 Å². The molecular formula is C13H20N4O. The highest BCUT2D eigenvalue weighted by atomic mass is 16.1. The molecule has 0 radical (unpaired) electrons. The summed E-state index contributed by atoms with van der Waals surface area (Å²) in [5, 5.41) is 3.03. The van der Waals surface area contributed by atoms with Crippen molar-refractivity contribution in [3.8, 4) is 0 Å². The molecule has 4 N–H and O–H groups in total. The number of carbonyl (C=O) groups is 1. The Bertz CT molecular complexity index is 448. The highest BCUT2D eigenvalue weighted by Crippen LogP contribution is 2.44. The molecule has 0 spiro atoms. The highest BCUT2D eigenvalue weighted by molar-refractivity contribution is 5.95. The number of hydrogen-bond donors (Lipinski definition) is 3. The van der Waals surface area contributed by atoms with Crippen LogP contribution in [0.25, 0.3) is 0 Å². The first kappa shape index (κ1) is 12.8. The number of rotatable bonds is 4. The number of hydrogen-bond acceptors (Lipinski definition) is 4. The highest BCUT2D eigenvalue weighted by Gasteiger charge is 2.46. The van der Waals surface area contributed by atoms with E-state index in [4.69, 9.17) is 5.84 Å². The molecule has 2 rings (SSSR count). The van der Waals surface area contributed by atoms with Crippen LogP contribution >= 0.6 is 0 Å². The third-order valence-corrected chi connectivity index (χ3v) is 3.47. The number of pyridine rings is 1. The number of hydrazine groups is 1. The lowest BCUT2D eigenvalue weighted by atomic mass is 10.1. The van der Waals surface area contributed by atoms with Gasteiger partial charge in [0.05, 0.1) is 0 Å². The molecule has 1 fully saturated rings. The molecule has 98 valence electrons. The first-order valence-corrected chi connectivity index (χ1v) is 6.24. The third-order valence-electron chi connectivity index (χ3n) is 3.47. The number of nitrogens with two attached hydrogens (primary N) is 1. The van der Waals surface area contributed by atoms with E-state index in [2.05, 4.69) is 29.6 Å². The van der Waals surface area contributed by atoms with Crippen LogP contribution in [0.15, 0.2) is 12.1 Å². The Morgan fingerprint density at radius 2 is 2.22 bits per heavy atom. The minimum Gasteiger partial charge on any atom is -0.349 e. The van der Waals surface area contributed by atoms with Crippen molar-refractivity contribution in [3.05, 3.63) is 23.4 Å². The van der Waals surface area contributed by atoms with Crippen molar-refractivity contribution < 1.29 is 4.79 Å². The van der Waals surface area contributed by atoms with Gasteiger partial charge in [-0.1, -0.05) is 20.8 Å². The fraction of sp³-hybridized carbons (Fsp3) is 0.538. The molecule has 1 saturated carbocycles. The summed E-state index contributed by atoms with van der Waals surface area (Å²) in [6.45, 7) is 6.29. The molecule has 1 unspecified atom stereocenters. The maximum atomic E-state index is 12.1. The predicted molar refractivity (Wildman–Crippen MR) is 71.1 cm³/mol. The molecular weight excluding hydrogens is 228 g/mol. The monoisotopic (exact) mass is 248 g/mol. The average Bonchev–Trinajstić information content (AvgIpc) is 2.95. The number of aromatic nitrogens is 1. The summed E-state index contributed by atoms with van der Waals surface area (Å²) in [6.07, 6.45) is 1.80. The minimum atomic E-state index is -0.0563. The molecule has 1 aliphatic carbocycles. The second-order valence-corrected chi connectivity index (χ2v) is 5.45. The Morgan fingerprint density at radius 3 is 2.72 bits per heavy atom. The van der Waals surface area contributed by atoms with Crippen molar-refractivity contribution in [2.45, 2.75) is 39.7 Å². The summed E-state index contributed by atoms with van der Waals surface area (Å²) in [6, 6.07) is 3.76. The SMILES string of the molecule is CCc1cc(C(=O)NC2CC2(C)C)cc(NN)n1. The van der Waals surface area contributed by atoms with Gasteiger partial charge in [0, 0.05) is 17.3 Å². The Labute approximate surface area is 107 Å². The van der Waals surface area contributed by atoms with Crippen molar-refractivity contribution in [2.75, 3.05) is 5.43 Å². The number of amides is 1. The van der Waals surface area contributed by atoms with Gasteiger partial charge in [-0.15, -0.1) is 0 Å². The molecule has 1 aromatic heterocycles. The van der Waals surface area contributed by atoms with E-state index in [1.807, 2.05) is 13.0 Å². The van der Waals surface area contributed by atoms with Crippen LogP contribution in [0.3, 0.4) is 0 Å². The maximum Gasteiger partial charge on any atom is 0.251 e. The van der Waals surface area contributed by atoms with Crippen LogP contribution in [0.1, 0.15) is 43.2 Å². The van der Waals surface area contributed by atoms with E-state index in [0.29, 0.717) is 11.4 Å². The standard InChI is InChI=1S/C13H20N4O/c1-4-9-5-8(6-11(15-9)17-14)12(18)16-10-7-13(10,2)3/h5-6,10H,4,7,14H2,1-3H3,(H,15,17)(H,16,18). The largest absolute Gasteiger partial charge is 0.349 e. The summed E-state index contributed by atoms with van der Waals surface area (Å²) in [7, 11) is 0. The van der Waals surface area contributed by atoms with Crippen LogP contribution in [0, 0.1) is 5.41 Å². The molecule has 1 aromatic rings. The Balaban J connectivity index is 2.14. The fourth-order valence-corrected chi connectivity index (χ4v) is 1.93. The number of aryl methyl sites for hydroxylation is 1. The number of carbonyl (C=O) groups excluding carboxylic acids is 1. The second kappa shape index (κ2) is 4.57. The molecule has 5 nitrogen and oxygen atoms in total.